The van der Waals surface area contributed by atoms with Gasteiger partial charge in [0.05, 0.1) is 25.2 Å². The fourth-order valence-electron chi connectivity index (χ4n) is 4.02. The molecule has 34 heavy (non-hydrogen) atoms. The lowest BCUT2D eigenvalue weighted by atomic mass is 9.81. The summed E-state index contributed by atoms with van der Waals surface area (Å²) in [6.45, 7) is 4.06. The van der Waals surface area contributed by atoms with Gasteiger partial charge in [-0.25, -0.2) is 9.59 Å². The van der Waals surface area contributed by atoms with E-state index in [2.05, 4.69) is 15.3 Å². The minimum atomic E-state index is -0.642. The minimum Gasteiger partial charge on any atom is -0.493 e. The van der Waals surface area contributed by atoms with Crippen molar-refractivity contribution in [1.29, 1.82) is 0 Å². The van der Waals surface area contributed by atoms with Crippen LogP contribution in [-0.4, -0.2) is 29.7 Å². The number of carbonyl (C=O) groups excluding carboxylic acids is 1. The Kier molecular flexibility index (Phi) is 6.53. The molecule has 9 nitrogen and oxygen atoms in total. The van der Waals surface area contributed by atoms with E-state index >= 15 is 0 Å². The fraction of sp³-hybridized carbons (Fsp3) is 0.240. The van der Waals surface area contributed by atoms with Gasteiger partial charge in [0, 0.05) is 11.3 Å². The molecule has 176 valence electrons. The van der Waals surface area contributed by atoms with Gasteiger partial charge in [-0.3, -0.25) is 4.98 Å². The molecular formula is C25H26N4O5. The van der Waals surface area contributed by atoms with Gasteiger partial charge in [-0.05, 0) is 37.1 Å². The first-order valence-corrected chi connectivity index (χ1v) is 10.8. The number of nitrogens with zero attached hydrogens (tertiary/aromatic N) is 1. The molecule has 1 aliphatic rings. The first-order chi connectivity index (χ1) is 16.4. The molecule has 4 N–H and O–H groups in total. The summed E-state index contributed by atoms with van der Waals surface area (Å²) in [5, 5.41) is 3.02. The Hall–Kier alpha value is -4.27. The highest BCUT2D eigenvalue weighted by atomic mass is 16.5. The Labute approximate surface area is 196 Å². The summed E-state index contributed by atoms with van der Waals surface area (Å²) in [6.07, 6.45) is 0. The van der Waals surface area contributed by atoms with E-state index in [-0.39, 0.29) is 12.4 Å². The van der Waals surface area contributed by atoms with E-state index in [1.165, 1.54) is 0 Å². The van der Waals surface area contributed by atoms with Crippen molar-refractivity contribution in [2.75, 3.05) is 24.8 Å². The number of carbonyl (C=O) groups is 1. The van der Waals surface area contributed by atoms with Gasteiger partial charge >= 0.3 is 11.7 Å². The van der Waals surface area contributed by atoms with E-state index in [0.29, 0.717) is 46.3 Å². The van der Waals surface area contributed by atoms with Crippen LogP contribution in [0.2, 0.25) is 0 Å². The van der Waals surface area contributed by atoms with Gasteiger partial charge in [-0.15, -0.1) is 0 Å². The number of allylic oxidation sites excluding steroid dienone is 1. The van der Waals surface area contributed by atoms with E-state index in [0.717, 1.165) is 5.56 Å². The maximum atomic E-state index is 13.0. The topological polar surface area (TPSA) is 129 Å². The number of anilines is 2. The molecule has 4 rings (SSSR count). The van der Waals surface area contributed by atoms with Gasteiger partial charge in [0.2, 0.25) is 0 Å². The molecule has 1 aromatic heterocycles. The zero-order valence-electron chi connectivity index (χ0n) is 19.2. The monoisotopic (exact) mass is 462 g/mol. The molecule has 1 unspecified atom stereocenters. The Balaban J connectivity index is 1.78. The van der Waals surface area contributed by atoms with E-state index in [4.69, 9.17) is 19.9 Å². The Morgan fingerprint density at radius 2 is 1.91 bits per heavy atom. The van der Waals surface area contributed by atoms with Crippen LogP contribution in [0.25, 0.3) is 0 Å². The maximum Gasteiger partial charge on any atom is 0.348 e. The molecule has 9 heteroatoms. The first kappa shape index (κ1) is 22.9. The number of nitrogen functional groups attached to an aromatic ring is 1. The fourth-order valence-corrected chi connectivity index (χ4v) is 4.02. The largest absolute Gasteiger partial charge is 0.493 e. The Morgan fingerprint density at radius 1 is 1.15 bits per heavy atom. The third kappa shape index (κ3) is 4.45. The molecule has 0 saturated heterocycles. The second-order valence-corrected chi connectivity index (χ2v) is 7.72. The van der Waals surface area contributed by atoms with Crippen molar-refractivity contribution in [3.8, 4) is 11.5 Å². The van der Waals surface area contributed by atoms with Gasteiger partial charge in [-0.2, -0.15) is 4.98 Å². The second-order valence-electron chi connectivity index (χ2n) is 7.72. The molecule has 0 bridgehead atoms. The number of esters is 1. The number of aromatic nitrogens is 2. The average molecular weight is 463 g/mol. The van der Waals surface area contributed by atoms with Crippen LogP contribution >= 0.6 is 0 Å². The smallest absolute Gasteiger partial charge is 0.348 e. The van der Waals surface area contributed by atoms with Crippen molar-refractivity contribution < 1.29 is 19.0 Å². The van der Waals surface area contributed by atoms with Gasteiger partial charge in [0.25, 0.3) is 0 Å². The third-order valence-electron chi connectivity index (χ3n) is 5.54. The quantitative estimate of drug-likeness (QED) is 0.456. The van der Waals surface area contributed by atoms with Crippen LogP contribution in [0, 0.1) is 0 Å². The number of benzene rings is 2. The Morgan fingerprint density at radius 3 is 2.62 bits per heavy atom. The van der Waals surface area contributed by atoms with Crippen LogP contribution < -0.4 is 26.2 Å². The predicted octanol–water partition coefficient (Wildman–Crippen LogP) is 3.33. The van der Waals surface area contributed by atoms with Crippen molar-refractivity contribution in [2.45, 2.75) is 26.4 Å². The number of fused-ring (bicyclic) bond motifs is 1. The predicted molar refractivity (Wildman–Crippen MR) is 128 cm³/mol. The highest BCUT2D eigenvalue weighted by Gasteiger charge is 2.36. The van der Waals surface area contributed by atoms with Crippen molar-refractivity contribution in [3.63, 3.8) is 0 Å². The summed E-state index contributed by atoms with van der Waals surface area (Å²) in [5.74, 6) is 0.319. The number of hydrogen-bond acceptors (Lipinski definition) is 8. The van der Waals surface area contributed by atoms with E-state index in [1.54, 1.807) is 33.1 Å². The summed E-state index contributed by atoms with van der Waals surface area (Å²) in [4.78, 5) is 31.4. The molecule has 0 fully saturated rings. The van der Waals surface area contributed by atoms with Gasteiger partial charge < -0.3 is 25.3 Å². The zero-order valence-corrected chi connectivity index (χ0v) is 19.2. The molecule has 0 aliphatic carbocycles. The Bertz CT molecular complexity index is 1300. The molecule has 2 heterocycles. The lowest BCUT2D eigenvalue weighted by molar-refractivity contribution is -0.138. The number of nitrogens with one attached hydrogen (secondary N) is 2. The second kappa shape index (κ2) is 9.70. The normalized spacial score (nSPS) is 14.7. The summed E-state index contributed by atoms with van der Waals surface area (Å²) in [5.41, 5.74) is 8.71. The SMILES string of the molecule is CCOC(=O)C1=C(C)Nc2nc(=O)[nH]c(N)c2C1c1ccc(OCc2ccccc2)c(OC)c1. The van der Waals surface area contributed by atoms with Crippen LogP contribution in [-0.2, 0) is 16.1 Å². The van der Waals surface area contributed by atoms with Gasteiger partial charge in [0.1, 0.15) is 18.2 Å². The lowest BCUT2D eigenvalue weighted by Gasteiger charge is -2.30. The summed E-state index contributed by atoms with van der Waals surface area (Å²) < 4.78 is 16.9. The number of rotatable bonds is 7. The number of hydrogen-bond donors (Lipinski definition) is 3. The highest BCUT2D eigenvalue weighted by molar-refractivity contribution is 5.95. The van der Waals surface area contributed by atoms with Crippen molar-refractivity contribution in [1.82, 2.24) is 9.97 Å². The molecule has 0 spiro atoms. The van der Waals surface area contributed by atoms with Crippen LogP contribution in [0.4, 0.5) is 11.6 Å². The van der Waals surface area contributed by atoms with Crippen LogP contribution in [0.1, 0.15) is 36.5 Å². The summed E-state index contributed by atoms with van der Waals surface area (Å²) in [7, 11) is 1.55. The molecule has 2 aromatic carbocycles. The zero-order chi connectivity index (χ0) is 24.2. The van der Waals surface area contributed by atoms with Crippen LogP contribution in [0.3, 0.4) is 0 Å². The molecule has 0 amide bonds. The number of nitrogens with two attached hydrogens (primary N) is 1. The van der Waals surface area contributed by atoms with Crippen molar-refractivity contribution >= 4 is 17.6 Å². The summed E-state index contributed by atoms with van der Waals surface area (Å²) >= 11 is 0. The maximum absolute atomic E-state index is 13.0. The molecule has 1 aliphatic heterocycles. The van der Waals surface area contributed by atoms with E-state index in [1.807, 2.05) is 36.4 Å². The number of ether oxygens (including phenoxy) is 3. The molecule has 1 atom stereocenters. The molecule has 3 aromatic rings. The number of H-pyrrole nitrogens is 1. The number of aromatic amines is 1. The van der Waals surface area contributed by atoms with Crippen molar-refractivity contribution in [3.05, 3.63) is 87.0 Å². The molecular weight excluding hydrogens is 436 g/mol. The van der Waals surface area contributed by atoms with E-state index < -0.39 is 17.6 Å². The van der Waals surface area contributed by atoms with Gasteiger partial charge in [0.15, 0.2) is 11.5 Å². The molecule has 0 radical (unpaired) electrons. The van der Waals surface area contributed by atoms with Crippen LogP contribution in [0.5, 0.6) is 11.5 Å². The van der Waals surface area contributed by atoms with Crippen molar-refractivity contribution in [2.24, 2.45) is 0 Å². The van der Waals surface area contributed by atoms with E-state index in [9.17, 15) is 9.59 Å². The lowest BCUT2D eigenvalue weighted by Crippen LogP contribution is -2.29. The minimum absolute atomic E-state index is 0.116. The van der Waals surface area contributed by atoms with Crippen LogP contribution in [0.15, 0.2) is 64.6 Å². The van der Waals surface area contributed by atoms with Gasteiger partial charge in [-0.1, -0.05) is 36.4 Å². The highest BCUT2D eigenvalue weighted by Crippen LogP contribution is 2.45. The third-order valence-corrected chi connectivity index (χ3v) is 5.54. The standard InChI is InChI=1S/C25H26N4O5/c1-4-33-24(30)19-14(2)27-23-21(22(26)28-25(31)29-23)20(19)16-10-11-17(18(12-16)32-3)34-13-15-8-6-5-7-9-15/h5-12,20H,4,13H2,1-3H3,(H4,26,27,28,29,31). The molecule has 0 saturated carbocycles. The average Bonchev–Trinajstić information content (AvgIpc) is 2.82. The summed E-state index contributed by atoms with van der Waals surface area (Å²) in [6, 6.07) is 15.2. The number of methoxy groups -OCH3 is 1. The first-order valence-electron chi connectivity index (χ1n) is 10.8.